The molecule has 200 valence electrons. The van der Waals surface area contributed by atoms with Crippen LogP contribution in [-0.2, 0) is 26.0 Å². The lowest BCUT2D eigenvalue weighted by molar-refractivity contribution is -0.124. The molecule has 0 radical (unpaired) electrons. The van der Waals surface area contributed by atoms with Gasteiger partial charge >= 0.3 is 0 Å². The summed E-state index contributed by atoms with van der Waals surface area (Å²) >= 11 is 0. The molecule has 4 aromatic rings. The first-order valence-corrected chi connectivity index (χ1v) is 14.6. The maximum absolute atomic E-state index is 13.6. The summed E-state index contributed by atoms with van der Waals surface area (Å²) in [5.41, 5.74) is 2.08. The third-order valence-corrected chi connectivity index (χ3v) is 8.68. The molecular formula is C30H35N3O4S. The summed E-state index contributed by atoms with van der Waals surface area (Å²) in [5.74, 6) is -0.595. The number of rotatable bonds is 13. The fourth-order valence-electron chi connectivity index (χ4n) is 4.85. The largest absolute Gasteiger partial charge is 0.361 e. The molecule has 3 aromatic carbocycles. The number of carbonyl (C=O) groups excluding carboxylic acids is 2. The number of amides is 1. The SMILES string of the molecule is CC[C@H](C)[C@H](NS(=O)(=O)c1cccc2ccccc12)C(=O)N[C@H](CCCC=O)Cc1c[nH]c2ccccc12. The van der Waals surface area contributed by atoms with E-state index in [2.05, 4.69) is 15.0 Å². The summed E-state index contributed by atoms with van der Waals surface area (Å²) in [6, 6.07) is 19.2. The van der Waals surface area contributed by atoms with Crippen LogP contribution in [0, 0.1) is 5.92 Å². The van der Waals surface area contributed by atoms with Crippen LogP contribution in [0.5, 0.6) is 0 Å². The summed E-state index contributed by atoms with van der Waals surface area (Å²) in [6.45, 7) is 3.81. The Morgan fingerprint density at radius 2 is 1.71 bits per heavy atom. The number of aromatic amines is 1. The van der Waals surface area contributed by atoms with Gasteiger partial charge in [-0.2, -0.15) is 4.72 Å². The Balaban J connectivity index is 1.58. The fourth-order valence-corrected chi connectivity index (χ4v) is 6.39. The van der Waals surface area contributed by atoms with Crippen LogP contribution < -0.4 is 10.0 Å². The second-order valence-corrected chi connectivity index (χ2v) is 11.5. The van der Waals surface area contributed by atoms with E-state index in [1.807, 2.05) is 62.5 Å². The van der Waals surface area contributed by atoms with E-state index in [0.717, 1.165) is 28.1 Å². The highest BCUT2D eigenvalue weighted by molar-refractivity contribution is 7.89. The standard InChI is InChI=1S/C30H35N3O4S/c1-3-21(2)29(33-38(36,37)28-17-10-12-22-11-4-5-15-26(22)28)30(35)32-24(13-8-9-18-34)19-23-20-31-27-16-7-6-14-25(23)27/h4-7,10-12,14-18,20-21,24,29,31,33H,3,8-9,13,19H2,1-2H3,(H,32,35)/t21-,24+,29-/m0/s1. The number of benzene rings is 3. The average Bonchev–Trinajstić information content (AvgIpc) is 3.33. The van der Waals surface area contributed by atoms with Crippen molar-refractivity contribution in [2.75, 3.05) is 0 Å². The minimum atomic E-state index is -3.98. The molecule has 3 atom stereocenters. The summed E-state index contributed by atoms with van der Waals surface area (Å²) in [7, 11) is -3.98. The van der Waals surface area contributed by atoms with Gasteiger partial charge in [0.1, 0.15) is 12.3 Å². The van der Waals surface area contributed by atoms with Crippen molar-refractivity contribution in [3.63, 3.8) is 0 Å². The number of nitrogens with one attached hydrogen (secondary N) is 3. The first-order valence-electron chi connectivity index (χ1n) is 13.1. The van der Waals surface area contributed by atoms with Crippen molar-refractivity contribution in [1.82, 2.24) is 15.0 Å². The quantitative estimate of drug-likeness (QED) is 0.164. The van der Waals surface area contributed by atoms with Crippen LogP contribution in [0.25, 0.3) is 21.7 Å². The number of unbranched alkanes of at least 4 members (excludes halogenated alkanes) is 1. The predicted octanol–water partition coefficient (Wildman–Crippen LogP) is 5.11. The van der Waals surface area contributed by atoms with Crippen LogP contribution in [0.15, 0.2) is 77.8 Å². The van der Waals surface area contributed by atoms with Gasteiger partial charge in [0.25, 0.3) is 0 Å². The van der Waals surface area contributed by atoms with E-state index in [1.165, 1.54) is 0 Å². The average molecular weight is 534 g/mol. The van der Waals surface area contributed by atoms with E-state index in [9.17, 15) is 18.0 Å². The Labute approximate surface area is 224 Å². The van der Waals surface area contributed by atoms with Crippen molar-refractivity contribution < 1.29 is 18.0 Å². The second-order valence-electron chi connectivity index (χ2n) is 9.83. The molecule has 0 fully saturated rings. The van der Waals surface area contributed by atoms with Crippen molar-refractivity contribution in [2.24, 2.45) is 5.92 Å². The number of H-pyrrole nitrogens is 1. The van der Waals surface area contributed by atoms with Crippen molar-refractivity contribution in [3.05, 3.63) is 78.5 Å². The van der Waals surface area contributed by atoms with Gasteiger partial charge in [0.2, 0.25) is 15.9 Å². The van der Waals surface area contributed by atoms with Crippen molar-refractivity contribution in [2.45, 2.75) is 62.9 Å². The lowest BCUT2D eigenvalue weighted by Gasteiger charge is -2.27. The molecule has 8 heteroatoms. The van der Waals surface area contributed by atoms with Gasteiger partial charge in [-0.3, -0.25) is 4.79 Å². The molecule has 7 nitrogen and oxygen atoms in total. The molecule has 0 unspecified atom stereocenters. The minimum Gasteiger partial charge on any atom is -0.361 e. The Bertz CT molecular complexity index is 1510. The van der Waals surface area contributed by atoms with Gasteiger partial charge < -0.3 is 15.1 Å². The van der Waals surface area contributed by atoms with Crippen molar-refractivity contribution >= 4 is 43.9 Å². The van der Waals surface area contributed by atoms with Gasteiger partial charge in [-0.05, 0) is 48.3 Å². The summed E-state index contributed by atoms with van der Waals surface area (Å²) in [5, 5.41) is 5.61. The van der Waals surface area contributed by atoms with Crippen LogP contribution in [0.3, 0.4) is 0 Å². The minimum absolute atomic E-state index is 0.151. The summed E-state index contributed by atoms with van der Waals surface area (Å²) < 4.78 is 29.8. The van der Waals surface area contributed by atoms with E-state index >= 15 is 0 Å². The topological polar surface area (TPSA) is 108 Å². The van der Waals surface area contributed by atoms with Gasteiger partial charge in [0.15, 0.2) is 0 Å². The van der Waals surface area contributed by atoms with Crippen LogP contribution in [0.4, 0.5) is 0 Å². The molecule has 0 aliphatic heterocycles. The van der Waals surface area contributed by atoms with Gasteiger partial charge in [-0.15, -0.1) is 0 Å². The number of aldehydes is 1. The third kappa shape index (κ3) is 6.31. The maximum atomic E-state index is 13.6. The summed E-state index contributed by atoms with van der Waals surface area (Å²) in [4.78, 5) is 28.0. The lowest BCUT2D eigenvalue weighted by atomic mass is 9.97. The molecule has 38 heavy (non-hydrogen) atoms. The Kier molecular flexibility index (Phi) is 8.97. The first-order chi connectivity index (χ1) is 18.3. The molecule has 0 bridgehead atoms. The highest BCUT2D eigenvalue weighted by Gasteiger charge is 2.31. The Morgan fingerprint density at radius 1 is 1.00 bits per heavy atom. The molecule has 0 aliphatic carbocycles. The second kappa shape index (κ2) is 12.4. The van der Waals surface area contributed by atoms with Gasteiger partial charge in [-0.1, -0.05) is 74.9 Å². The molecule has 0 aliphatic rings. The number of sulfonamides is 1. The number of hydrogen-bond donors (Lipinski definition) is 3. The van der Waals surface area contributed by atoms with E-state index < -0.39 is 16.1 Å². The highest BCUT2D eigenvalue weighted by Crippen LogP contribution is 2.24. The van der Waals surface area contributed by atoms with Crippen LogP contribution in [-0.4, -0.2) is 37.7 Å². The van der Waals surface area contributed by atoms with Crippen molar-refractivity contribution in [3.8, 4) is 0 Å². The maximum Gasteiger partial charge on any atom is 0.241 e. The van der Waals surface area contributed by atoms with E-state index in [-0.39, 0.29) is 22.8 Å². The number of hydrogen-bond acceptors (Lipinski definition) is 4. The van der Waals surface area contributed by atoms with Crippen LogP contribution in [0.1, 0.15) is 45.1 Å². The Hall–Kier alpha value is -3.49. The van der Waals surface area contributed by atoms with Gasteiger partial charge in [0, 0.05) is 34.9 Å². The van der Waals surface area contributed by atoms with E-state index in [1.54, 1.807) is 24.3 Å². The zero-order valence-electron chi connectivity index (χ0n) is 21.8. The normalized spacial score (nSPS) is 14.3. The lowest BCUT2D eigenvalue weighted by Crippen LogP contribution is -2.52. The first kappa shape index (κ1) is 27.5. The number of carbonyl (C=O) groups is 2. The Morgan fingerprint density at radius 3 is 2.47 bits per heavy atom. The third-order valence-electron chi connectivity index (χ3n) is 7.18. The van der Waals surface area contributed by atoms with Crippen LogP contribution >= 0.6 is 0 Å². The molecular weight excluding hydrogens is 498 g/mol. The van der Waals surface area contributed by atoms with Crippen molar-refractivity contribution in [1.29, 1.82) is 0 Å². The molecule has 0 saturated carbocycles. The van der Waals surface area contributed by atoms with E-state index in [0.29, 0.717) is 37.5 Å². The summed E-state index contributed by atoms with van der Waals surface area (Å²) in [6.07, 6.45) is 5.65. The molecule has 4 rings (SSSR count). The monoisotopic (exact) mass is 533 g/mol. The van der Waals surface area contributed by atoms with Crippen LogP contribution in [0.2, 0.25) is 0 Å². The number of fused-ring (bicyclic) bond motifs is 2. The predicted molar refractivity (Wildman–Crippen MR) is 151 cm³/mol. The molecule has 1 amide bonds. The zero-order valence-corrected chi connectivity index (χ0v) is 22.6. The smallest absolute Gasteiger partial charge is 0.241 e. The number of para-hydroxylation sites is 1. The van der Waals surface area contributed by atoms with Gasteiger partial charge in [-0.25, -0.2) is 8.42 Å². The molecule has 1 heterocycles. The number of aromatic nitrogens is 1. The molecule has 0 saturated heterocycles. The van der Waals surface area contributed by atoms with E-state index in [4.69, 9.17) is 0 Å². The molecule has 1 aromatic heterocycles. The highest BCUT2D eigenvalue weighted by atomic mass is 32.2. The zero-order chi connectivity index (χ0) is 27.1. The molecule has 3 N–H and O–H groups in total. The fraction of sp³-hybridized carbons (Fsp3) is 0.333. The van der Waals surface area contributed by atoms with Gasteiger partial charge in [0.05, 0.1) is 4.90 Å². The molecule has 0 spiro atoms.